The van der Waals surface area contributed by atoms with Gasteiger partial charge in [0.25, 0.3) is 0 Å². The van der Waals surface area contributed by atoms with Gasteiger partial charge in [0.05, 0.1) is 5.56 Å². The van der Waals surface area contributed by atoms with E-state index in [1.54, 1.807) is 18.2 Å². The standard InChI is InChI=1S/C16H9Br2F3N2O3S/c17-8-1-7(2-9(18)3-8)16-15(13(6-19)26-23-16)10-4-12(21)14(5-11(10)20)27(22,24)25/h1-5H,6H2,(H2,22,24,25). The van der Waals surface area contributed by atoms with Crippen molar-refractivity contribution < 1.29 is 26.1 Å². The lowest BCUT2D eigenvalue weighted by atomic mass is 9.99. The average Bonchev–Trinajstić information content (AvgIpc) is 2.98. The van der Waals surface area contributed by atoms with Gasteiger partial charge < -0.3 is 4.52 Å². The Morgan fingerprint density at radius 1 is 1.04 bits per heavy atom. The molecule has 0 aliphatic carbocycles. The lowest BCUT2D eigenvalue weighted by Gasteiger charge is -2.09. The Morgan fingerprint density at radius 2 is 1.67 bits per heavy atom. The van der Waals surface area contributed by atoms with Crippen LogP contribution in [0.5, 0.6) is 0 Å². The number of aromatic nitrogens is 1. The van der Waals surface area contributed by atoms with Crippen molar-refractivity contribution in [2.24, 2.45) is 5.14 Å². The zero-order valence-corrected chi connectivity index (χ0v) is 17.1. The van der Waals surface area contributed by atoms with Crippen LogP contribution < -0.4 is 5.14 Å². The van der Waals surface area contributed by atoms with Crippen LogP contribution >= 0.6 is 31.9 Å². The largest absolute Gasteiger partial charge is 0.357 e. The predicted molar refractivity (Wildman–Crippen MR) is 98.9 cm³/mol. The summed E-state index contributed by atoms with van der Waals surface area (Å²) in [6, 6.07) is 6.05. The van der Waals surface area contributed by atoms with Crippen molar-refractivity contribution in [2.75, 3.05) is 0 Å². The minimum atomic E-state index is -4.47. The van der Waals surface area contributed by atoms with E-state index in [9.17, 15) is 21.6 Å². The van der Waals surface area contributed by atoms with Crippen LogP contribution in [0.25, 0.3) is 22.4 Å². The van der Waals surface area contributed by atoms with E-state index in [0.717, 1.165) is 0 Å². The highest BCUT2D eigenvalue weighted by Gasteiger charge is 2.26. The molecule has 142 valence electrons. The van der Waals surface area contributed by atoms with E-state index in [-0.39, 0.29) is 17.0 Å². The number of hydrogen-bond donors (Lipinski definition) is 1. The number of halogens is 5. The molecule has 11 heteroatoms. The molecule has 0 radical (unpaired) electrons. The molecule has 0 saturated carbocycles. The number of alkyl halides is 1. The fourth-order valence-corrected chi connectivity index (χ4v) is 4.41. The fraction of sp³-hybridized carbons (Fsp3) is 0.0625. The summed E-state index contributed by atoms with van der Waals surface area (Å²) >= 11 is 6.59. The molecule has 3 rings (SSSR count). The quantitative estimate of drug-likeness (QED) is 0.523. The number of nitrogens with two attached hydrogens (primary N) is 1. The first-order valence-electron chi connectivity index (χ1n) is 7.15. The average molecular weight is 526 g/mol. The maximum absolute atomic E-state index is 14.6. The highest BCUT2D eigenvalue weighted by atomic mass is 79.9. The van der Waals surface area contributed by atoms with Crippen molar-refractivity contribution in [1.29, 1.82) is 0 Å². The summed E-state index contributed by atoms with van der Waals surface area (Å²) in [6.45, 7) is -1.13. The summed E-state index contributed by atoms with van der Waals surface area (Å²) < 4.78 is 71.2. The Kier molecular flexibility index (Phi) is 5.48. The van der Waals surface area contributed by atoms with Crippen LogP contribution in [0.2, 0.25) is 0 Å². The summed E-state index contributed by atoms with van der Waals surface area (Å²) in [5, 5.41) is 8.64. The first kappa shape index (κ1) is 20.1. The molecule has 1 heterocycles. The Labute approximate surface area is 168 Å². The molecule has 3 aromatic rings. The lowest BCUT2D eigenvalue weighted by molar-refractivity contribution is 0.332. The lowest BCUT2D eigenvalue weighted by Crippen LogP contribution is -2.14. The highest BCUT2D eigenvalue weighted by Crippen LogP contribution is 2.39. The van der Waals surface area contributed by atoms with E-state index >= 15 is 0 Å². The van der Waals surface area contributed by atoms with Gasteiger partial charge >= 0.3 is 0 Å². The van der Waals surface area contributed by atoms with Crippen molar-refractivity contribution >= 4 is 41.9 Å². The molecule has 0 atom stereocenters. The highest BCUT2D eigenvalue weighted by molar-refractivity contribution is 9.11. The number of primary sulfonamides is 1. The van der Waals surface area contributed by atoms with Gasteiger partial charge in [0, 0.05) is 20.1 Å². The summed E-state index contributed by atoms with van der Waals surface area (Å²) in [5.74, 6) is -2.72. The molecule has 0 spiro atoms. The predicted octanol–water partition coefficient (Wildman–Crippen LogP) is 4.93. The van der Waals surface area contributed by atoms with Crippen molar-refractivity contribution in [1.82, 2.24) is 5.16 Å². The van der Waals surface area contributed by atoms with Gasteiger partial charge in [0.15, 0.2) is 12.4 Å². The van der Waals surface area contributed by atoms with Gasteiger partial charge in [-0.1, -0.05) is 37.0 Å². The van der Waals surface area contributed by atoms with E-state index in [1.165, 1.54) is 0 Å². The van der Waals surface area contributed by atoms with E-state index < -0.39 is 38.8 Å². The Hall–Kier alpha value is -1.69. The molecule has 1 aromatic heterocycles. The third-order valence-electron chi connectivity index (χ3n) is 3.62. The van der Waals surface area contributed by atoms with Gasteiger partial charge in [0.1, 0.15) is 22.2 Å². The van der Waals surface area contributed by atoms with Crippen LogP contribution in [0, 0.1) is 11.6 Å². The first-order chi connectivity index (χ1) is 12.6. The van der Waals surface area contributed by atoms with Gasteiger partial charge in [-0.15, -0.1) is 0 Å². The molecular formula is C16H9Br2F3N2O3S. The Morgan fingerprint density at radius 3 is 2.22 bits per heavy atom. The molecule has 0 bridgehead atoms. The van der Waals surface area contributed by atoms with Gasteiger partial charge in [-0.05, 0) is 30.3 Å². The summed E-state index contributed by atoms with van der Waals surface area (Å²) in [7, 11) is -4.47. The van der Waals surface area contributed by atoms with E-state index in [2.05, 4.69) is 37.0 Å². The zero-order chi connectivity index (χ0) is 19.9. The molecule has 0 aliphatic rings. The second-order valence-electron chi connectivity index (χ2n) is 5.43. The van der Waals surface area contributed by atoms with Gasteiger partial charge in [-0.25, -0.2) is 26.7 Å². The van der Waals surface area contributed by atoms with Gasteiger partial charge in [-0.2, -0.15) is 0 Å². The first-order valence-corrected chi connectivity index (χ1v) is 10.3. The number of rotatable bonds is 4. The van der Waals surface area contributed by atoms with Crippen LogP contribution in [0.4, 0.5) is 13.2 Å². The van der Waals surface area contributed by atoms with E-state index in [0.29, 0.717) is 26.6 Å². The minimum Gasteiger partial charge on any atom is -0.357 e. The van der Waals surface area contributed by atoms with Crippen LogP contribution in [0.15, 0.2) is 48.7 Å². The van der Waals surface area contributed by atoms with Crippen LogP contribution in [-0.4, -0.2) is 13.6 Å². The van der Waals surface area contributed by atoms with E-state index in [4.69, 9.17) is 9.66 Å². The number of benzene rings is 2. The van der Waals surface area contributed by atoms with E-state index in [1.807, 2.05) is 0 Å². The van der Waals surface area contributed by atoms with Crippen molar-refractivity contribution in [2.45, 2.75) is 11.6 Å². The maximum atomic E-state index is 14.6. The van der Waals surface area contributed by atoms with Crippen molar-refractivity contribution in [3.63, 3.8) is 0 Å². The topological polar surface area (TPSA) is 86.2 Å². The molecular weight excluding hydrogens is 517 g/mol. The van der Waals surface area contributed by atoms with Crippen molar-refractivity contribution in [3.8, 4) is 22.4 Å². The molecule has 0 saturated heterocycles. The number of nitrogens with zero attached hydrogens (tertiary/aromatic N) is 1. The van der Waals surface area contributed by atoms with Crippen LogP contribution in [0.1, 0.15) is 5.76 Å². The fourth-order valence-electron chi connectivity index (χ4n) is 2.52. The third kappa shape index (κ3) is 3.96. The molecule has 0 fully saturated rings. The second-order valence-corrected chi connectivity index (χ2v) is 8.79. The smallest absolute Gasteiger partial charge is 0.241 e. The maximum Gasteiger partial charge on any atom is 0.241 e. The van der Waals surface area contributed by atoms with Gasteiger partial charge in [-0.3, -0.25) is 0 Å². The molecule has 2 aromatic carbocycles. The minimum absolute atomic E-state index is 0.0614. The molecule has 0 aliphatic heterocycles. The van der Waals surface area contributed by atoms with Crippen LogP contribution in [-0.2, 0) is 16.7 Å². The summed E-state index contributed by atoms with van der Waals surface area (Å²) in [5.41, 5.74) is -0.0314. The Bertz CT molecular complexity index is 1130. The third-order valence-corrected chi connectivity index (χ3v) is 5.46. The number of hydrogen-bond acceptors (Lipinski definition) is 4. The molecule has 27 heavy (non-hydrogen) atoms. The monoisotopic (exact) mass is 524 g/mol. The SMILES string of the molecule is NS(=O)(=O)c1cc(F)c(-c2c(-c3cc(Br)cc(Br)c3)noc2CF)cc1F. The molecule has 0 unspecified atom stereocenters. The summed E-state index contributed by atoms with van der Waals surface area (Å²) in [6.07, 6.45) is 0. The van der Waals surface area contributed by atoms with Gasteiger partial charge in [0.2, 0.25) is 10.0 Å². The second kappa shape index (κ2) is 7.38. The zero-order valence-electron chi connectivity index (χ0n) is 13.1. The normalized spacial score (nSPS) is 11.8. The Balaban J connectivity index is 2.29. The molecule has 0 amide bonds. The van der Waals surface area contributed by atoms with Crippen molar-refractivity contribution in [3.05, 3.63) is 56.7 Å². The molecule has 5 nitrogen and oxygen atoms in total. The number of sulfonamides is 1. The van der Waals surface area contributed by atoms with Crippen LogP contribution in [0.3, 0.4) is 0 Å². The summed E-state index contributed by atoms with van der Waals surface area (Å²) in [4.78, 5) is -1.01. The molecule has 2 N–H and O–H groups in total.